The molecule has 0 aromatic rings. The van der Waals surface area contributed by atoms with Gasteiger partial charge in [0.1, 0.15) is 0 Å². The van der Waals surface area contributed by atoms with E-state index >= 15 is 0 Å². The first-order chi connectivity index (χ1) is 6.57. The maximum Gasteiger partial charge on any atom is 0.221 e. The Hall–Kier alpha value is -0.420. The lowest BCUT2D eigenvalue weighted by Gasteiger charge is -2.09. The number of hydrogen-bond donors (Lipinski definition) is 2. The van der Waals surface area contributed by atoms with Crippen LogP contribution >= 0.6 is 0 Å². The lowest BCUT2D eigenvalue weighted by Crippen LogP contribution is -2.34. The standard InChI is InChI=1S/C9H20N2O2S/c1-4-10-6-5-9(12)11-7-8(2)14(3)13/h8,10H,4-7H2,1-3H3,(H,11,12). The van der Waals surface area contributed by atoms with Crippen molar-refractivity contribution >= 4 is 16.7 Å². The summed E-state index contributed by atoms with van der Waals surface area (Å²) in [5.74, 6) is 0.0169. The van der Waals surface area contributed by atoms with Crippen LogP contribution in [0.25, 0.3) is 0 Å². The van der Waals surface area contributed by atoms with Crippen molar-refractivity contribution in [2.75, 3.05) is 25.9 Å². The fourth-order valence-electron chi connectivity index (χ4n) is 0.842. The van der Waals surface area contributed by atoms with Gasteiger partial charge in [0, 0.05) is 41.8 Å². The lowest BCUT2D eigenvalue weighted by molar-refractivity contribution is -0.120. The molecular weight excluding hydrogens is 200 g/mol. The van der Waals surface area contributed by atoms with Crippen LogP contribution < -0.4 is 10.6 Å². The first-order valence-corrected chi connectivity index (χ1v) is 6.49. The molecule has 2 N–H and O–H groups in total. The predicted molar refractivity (Wildman–Crippen MR) is 59.7 cm³/mol. The highest BCUT2D eigenvalue weighted by molar-refractivity contribution is 7.84. The maximum atomic E-state index is 11.2. The second kappa shape index (κ2) is 7.94. The summed E-state index contributed by atoms with van der Waals surface area (Å²) < 4.78 is 11.0. The molecule has 14 heavy (non-hydrogen) atoms. The quantitative estimate of drug-likeness (QED) is 0.588. The minimum atomic E-state index is -0.864. The third-order valence-electron chi connectivity index (χ3n) is 1.93. The molecule has 0 saturated carbocycles. The molecule has 0 radical (unpaired) electrons. The summed E-state index contributed by atoms with van der Waals surface area (Å²) in [6.07, 6.45) is 2.13. The molecule has 0 fully saturated rings. The van der Waals surface area contributed by atoms with Crippen LogP contribution in [0.15, 0.2) is 0 Å². The Kier molecular flexibility index (Phi) is 7.70. The van der Waals surface area contributed by atoms with Gasteiger partial charge in [0.2, 0.25) is 5.91 Å². The van der Waals surface area contributed by atoms with E-state index in [0.29, 0.717) is 19.5 Å². The molecule has 5 heteroatoms. The molecule has 0 aromatic heterocycles. The fraction of sp³-hybridized carbons (Fsp3) is 0.889. The van der Waals surface area contributed by atoms with Crippen molar-refractivity contribution in [3.63, 3.8) is 0 Å². The van der Waals surface area contributed by atoms with Crippen LogP contribution in [0.4, 0.5) is 0 Å². The molecule has 0 aromatic carbocycles. The topological polar surface area (TPSA) is 58.2 Å². The van der Waals surface area contributed by atoms with Crippen molar-refractivity contribution in [2.45, 2.75) is 25.5 Å². The molecule has 2 atom stereocenters. The molecule has 0 spiro atoms. The van der Waals surface area contributed by atoms with E-state index in [-0.39, 0.29) is 11.2 Å². The lowest BCUT2D eigenvalue weighted by atomic mass is 10.3. The second-order valence-electron chi connectivity index (χ2n) is 3.22. The van der Waals surface area contributed by atoms with Gasteiger partial charge in [0.05, 0.1) is 0 Å². The van der Waals surface area contributed by atoms with Crippen molar-refractivity contribution in [3.8, 4) is 0 Å². The zero-order valence-electron chi connectivity index (χ0n) is 9.13. The van der Waals surface area contributed by atoms with Crippen molar-refractivity contribution in [3.05, 3.63) is 0 Å². The molecular formula is C9H20N2O2S. The highest BCUT2D eigenvalue weighted by Crippen LogP contribution is 1.89. The van der Waals surface area contributed by atoms with E-state index in [1.165, 1.54) is 0 Å². The number of nitrogens with one attached hydrogen (secondary N) is 2. The largest absolute Gasteiger partial charge is 0.355 e. The minimum Gasteiger partial charge on any atom is -0.355 e. The Bertz CT molecular complexity index is 197. The average molecular weight is 220 g/mol. The maximum absolute atomic E-state index is 11.2. The molecule has 2 unspecified atom stereocenters. The summed E-state index contributed by atoms with van der Waals surface area (Å²) in [5.41, 5.74) is 0. The highest BCUT2D eigenvalue weighted by Gasteiger charge is 2.07. The first kappa shape index (κ1) is 13.6. The molecule has 0 aliphatic heterocycles. The van der Waals surface area contributed by atoms with Gasteiger partial charge in [0.15, 0.2) is 0 Å². The Labute approximate surface area is 88.3 Å². The highest BCUT2D eigenvalue weighted by atomic mass is 32.2. The summed E-state index contributed by atoms with van der Waals surface area (Å²) in [6.45, 7) is 5.93. The van der Waals surface area contributed by atoms with Gasteiger partial charge in [0.25, 0.3) is 0 Å². The third kappa shape index (κ3) is 7.03. The number of amides is 1. The Balaban J connectivity index is 3.48. The number of carbonyl (C=O) groups excluding carboxylic acids is 1. The summed E-state index contributed by atoms with van der Waals surface area (Å²) in [5, 5.41) is 5.85. The molecule has 0 heterocycles. The average Bonchev–Trinajstić information content (AvgIpc) is 2.14. The predicted octanol–water partition coefficient (Wildman–Crippen LogP) is -0.131. The Morgan fingerprint density at radius 3 is 2.64 bits per heavy atom. The van der Waals surface area contributed by atoms with E-state index in [4.69, 9.17) is 0 Å². The smallest absolute Gasteiger partial charge is 0.221 e. The van der Waals surface area contributed by atoms with Gasteiger partial charge in [-0.25, -0.2) is 0 Å². The van der Waals surface area contributed by atoms with E-state index in [1.807, 2.05) is 13.8 Å². The summed E-state index contributed by atoms with van der Waals surface area (Å²) >= 11 is 0. The van der Waals surface area contributed by atoms with Crippen LogP contribution in [0.2, 0.25) is 0 Å². The summed E-state index contributed by atoms with van der Waals surface area (Å²) in [7, 11) is -0.864. The van der Waals surface area contributed by atoms with Crippen LogP contribution in [0.5, 0.6) is 0 Å². The van der Waals surface area contributed by atoms with Gasteiger partial charge in [-0.15, -0.1) is 0 Å². The molecule has 4 nitrogen and oxygen atoms in total. The van der Waals surface area contributed by atoms with E-state index in [1.54, 1.807) is 6.26 Å². The van der Waals surface area contributed by atoms with Crippen LogP contribution in [0.3, 0.4) is 0 Å². The molecule has 1 amide bonds. The van der Waals surface area contributed by atoms with Crippen LogP contribution in [-0.2, 0) is 15.6 Å². The van der Waals surface area contributed by atoms with E-state index in [9.17, 15) is 9.00 Å². The van der Waals surface area contributed by atoms with E-state index < -0.39 is 10.8 Å². The zero-order valence-corrected chi connectivity index (χ0v) is 9.95. The molecule has 0 bridgehead atoms. The van der Waals surface area contributed by atoms with Gasteiger partial charge in [-0.3, -0.25) is 9.00 Å². The Morgan fingerprint density at radius 2 is 2.14 bits per heavy atom. The molecule has 0 saturated heterocycles. The van der Waals surface area contributed by atoms with Crippen molar-refractivity contribution in [1.82, 2.24) is 10.6 Å². The van der Waals surface area contributed by atoms with Crippen LogP contribution in [-0.4, -0.2) is 41.3 Å². The zero-order chi connectivity index (χ0) is 11.0. The van der Waals surface area contributed by atoms with Gasteiger partial charge in [-0.05, 0) is 13.5 Å². The van der Waals surface area contributed by atoms with Crippen molar-refractivity contribution in [1.29, 1.82) is 0 Å². The molecule has 84 valence electrons. The van der Waals surface area contributed by atoms with Crippen LogP contribution in [0, 0.1) is 0 Å². The minimum absolute atomic E-state index is 0.0169. The SMILES string of the molecule is CCNCCC(=O)NCC(C)S(C)=O. The van der Waals surface area contributed by atoms with E-state index in [0.717, 1.165) is 6.54 Å². The summed E-state index contributed by atoms with van der Waals surface area (Å²) in [4.78, 5) is 11.2. The second-order valence-corrected chi connectivity index (χ2v) is 5.02. The van der Waals surface area contributed by atoms with E-state index in [2.05, 4.69) is 10.6 Å². The number of carbonyl (C=O) groups is 1. The molecule has 0 rings (SSSR count). The van der Waals surface area contributed by atoms with Crippen molar-refractivity contribution in [2.24, 2.45) is 0 Å². The van der Waals surface area contributed by atoms with Gasteiger partial charge >= 0.3 is 0 Å². The number of rotatable bonds is 7. The summed E-state index contributed by atoms with van der Waals surface area (Å²) in [6, 6.07) is 0. The Morgan fingerprint density at radius 1 is 1.50 bits per heavy atom. The first-order valence-electron chi connectivity index (χ1n) is 4.87. The number of hydrogen-bond acceptors (Lipinski definition) is 3. The fourth-order valence-corrected chi connectivity index (χ4v) is 1.16. The molecule has 0 aliphatic rings. The van der Waals surface area contributed by atoms with Gasteiger partial charge in [-0.1, -0.05) is 6.92 Å². The van der Waals surface area contributed by atoms with Crippen LogP contribution in [0.1, 0.15) is 20.3 Å². The monoisotopic (exact) mass is 220 g/mol. The normalized spacial score (nSPS) is 14.8. The van der Waals surface area contributed by atoms with Gasteiger partial charge < -0.3 is 10.6 Å². The van der Waals surface area contributed by atoms with Gasteiger partial charge in [-0.2, -0.15) is 0 Å². The molecule has 0 aliphatic carbocycles. The third-order valence-corrected chi connectivity index (χ3v) is 3.23. The van der Waals surface area contributed by atoms with Crippen molar-refractivity contribution < 1.29 is 9.00 Å².